The number of nitrogens with zero attached hydrogens (tertiary/aromatic N) is 2. The van der Waals surface area contributed by atoms with Gasteiger partial charge in [0.25, 0.3) is 5.91 Å². The zero-order chi connectivity index (χ0) is 21.8. The molecule has 1 aliphatic rings. The van der Waals surface area contributed by atoms with Crippen LogP contribution in [-0.2, 0) is 20.8 Å². The number of likely N-dealkylation sites (tertiary alicyclic amines) is 1. The number of amides is 2. The number of aliphatic imine (C=N–C) groups is 1. The molecule has 2 rings (SSSR count). The molecule has 9 nitrogen and oxygen atoms in total. The third kappa shape index (κ3) is 8.00. The number of hydrogen-bond donors (Lipinski definition) is 3. The smallest absolute Gasteiger partial charge is 0.251 e. The monoisotopic (exact) mass is 419 g/mol. The number of carbonyl (C=O) groups is 2. The van der Waals surface area contributed by atoms with Crippen LogP contribution in [0.15, 0.2) is 29.3 Å². The molecular weight excluding hydrogens is 386 g/mol. The van der Waals surface area contributed by atoms with Crippen molar-refractivity contribution < 1.29 is 19.1 Å². The average Bonchev–Trinajstić information content (AvgIpc) is 2.76. The molecule has 1 saturated heterocycles. The van der Waals surface area contributed by atoms with E-state index in [1.54, 1.807) is 26.3 Å². The van der Waals surface area contributed by atoms with Crippen LogP contribution in [0.1, 0.15) is 35.2 Å². The number of nitrogens with two attached hydrogens (primary N) is 1. The largest absolute Gasteiger partial charge is 0.385 e. The van der Waals surface area contributed by atoms with E-state index in [0.29, 0.717) is 18.2 Å². The zero-order valence-corrected chi connectivity index (χ0v) is 17.9. The van der Waals surface area contributed by atoms with Gasteiger partial charge in [0.05, 0.1) is 12.6 Å². The number of carbonyl (C=O) groups excluding carboxylic acids is 2. The van der Waals surface area contributed by atoms with Crippen LogP contribution in [-0.4, -0.2) is 75.8 Å². The van der Waals surface area contributed by atoms with E-state index < -0.39 is 5.91 Å². The standard InChI is InChI=1S/C21H33N5O4/c1-23-21(26-10-8-18(9-11-26)30-13-3-12-29-2)25-14-16-4-6-17(7-5-16)20(28)24-15-19(22)27/h4-7,18H,3,8-15H2,1-2H3,(H2,22,27)(H,23,25)(H,24,28). The molecule has 4 N–H and O–H groups in total. The first kappa shape index (κ1) is 23.6. The first-order chi connectivity index (χ1) is 14.5. The molecule has 1 aromatic carbocycles. The van der Waals surface area contributed by atoms with Gasteiger partial charge in [0.15, 0.2) is 5.96 Å². The molecule has 0 aliphatic carbocycles. The third-order valence-corrected chi connectivity index (χ3v) is 4.89. The summed E-state index contributed by atoms with van der Waals surface area (Å²) < 4.78 is 11.0. The number of piperidine rings is 1. The Balaban J connectivity index is 1.75. The lowest BCUT2D eigenvalue weighted by Gasteiger charge is -2.34. The number of guanidine groups is 1. The number of ether oxygens (including phenoxy) is 2. The predicted octanol–water partition coefficient (Wildman–Crippen LogP) is 0.495. The highest BCUT2D eigenvalue weighted by atomic mass is 16.5. The SMILES string of the molecule is CN=C(NCc1ccc(C(=O)NCC(N)=O)cc1)N1CCC(OCCCOC)CC1. The molecule has 1 fully saturated rings. The Morgan fingerprint density at radius 2 is 1.87 bits per heavy atom. The van der Waals surface area contributed by atoms with Crippen LogP contribution in [0.5, 0.6) is 0 Å². The number of methoxy groups -OCH3 is 1. The summed E-state index contributed by atoms with van der Waals surface area (Å²) >= 11 is 0. The van der Waals surface area contributed by atoms with E-state index in [4.69, 9.17) is 15.2 Å². The molecule has 0 spiro atoms. The first-order valence-corrected chi connectivity index (χ1v) is 10.2. The zero-order valence-electron chi connectivity index (χ0n) is 17.9. The van der Waals surface area contributed by atoms with Gasteiger partial charge in [-0.15, -0.1) is 0 Å². The van der Waals surface area contributed by atoms with Crippen molar-refractivity contribution in [3.63, 3.8) is 0 Å². The van der Waals surface area contributed by atoms with Gasteiger partial charge in [0.2, 0.25) is 5.91 Å². The minimum atomic E-state index is -0.572. The molecule has 30 heavy (non-hydrogen) atoms. The molecule has 0 bridgehead atoms. The minimum Gasteiger partial charge on any atom is -0.385 e. The van der Waals surface area contributed by atoms with Crippen molar-refractivity contribution in [2.24, 2.45) is 10.7 Å². The number of benzene rings is 1. The predicted molar refractivity (Wildman–Crippen MR) is 115 cm³/mol. The van der Waals surface area contributed by atoms with Crippen molar-refractivity contribution >= 4 is 17.8 Å². The Hall–Kier alpha value is -2.65. The van der Waals surface area contributed by atoms with Crippen LogP contribution in [0.4, 0.5) is 0 Å². The second-order valence-electron chi connectivity index (χ2n) is 7.15. The van der Waals surface area contributed by atoms with Crippen LogP contribution >= 0.6 is 0 Å². The van der Waals surface area contributed by atoms with Gasteiger partial charge in [-0.25, -0.2) is 0 Å². The first-order valence-electron chi connectivity index (χ1n) is 10.2. The topological polar surface area (TPSA) is 118 Å². The van der Waals surface area contributed by atoms with E-state index in [0.717, 1.165) is 57.1 Å². The van der Waals surface area contributed by atoms with Crippen LogP contribution < -0.4 is 16.4 Å². The number of hydrogen-bond acceptors (Lipinski definition) is 5. The summed E-state index contributed by atoms with van der Waals surface area (Å²) in [5.41, 5.74) is 6.55. The van der Waals surface area contributed by atoms with E-state index in [2.05, 4.69) is 20.5 Å². The molecule has 0 aromatic heterocycles. The van der Waals surface area contributed by atoms with Gasteiger partial charge >= 0.3 is 0 Å². The number of nitrogens with one attached hydrogen (secondary N) is 2. The Bertz CT molecular complexity index is 700. The Kier molecular flexibility index (Phi) is 10.1. The van der Waals surface area contributed by atoms with Crippen LogP contribution in [0, 0.1) is 0 Å². The van der Waals surface area contributed by atoms with Crippen molar-refractivity contribution in [3.8, 4) is 0 Å². The molecule has 0 atom stereocenters. The molecule has 0 unspecified atom stereocenters. The van der Waals surface area contributed by atoms with Gasteiger partial charge < -0.3 is 30.7 Å². The second kappa shape index (κ2) is 12.8. The molecule has 2 amide bonds. The number of primary amides is 1. The van der Waals surface area contributed by atoms with Crippen LogP contribution in [0.3, 0.4) is 0 Å². The summed E-state index contributed by atoms with van der Waals surface area (Å²) in [6.45, 7) is 3.69. The van der Waals surface area contributed by atoms with Crippen molar-refractivity contribution in [3.05, 3.63) is 35.4 Å². The van der Waals surface area contributed by atoms with Crippen molar-refractivity contribution in [1.82, 2.24) is 15.5 Å². The van der Waals surface area contributed by atoms with E-state index in [1.807, 2.05) is 12.1 Å². The maximum atomic E-state index is 11.9. The Morgan fingerprint density at radius 3 is 2.47 bits per heavy atom. The average molecular weight is 420 g/mol. The van der Waals surface area contributed by atoms with Crippen molar-refractivity contribution in [1.29, 1.82) is 0 Å². The van der Waals surface area contributed by atoms with E-state index in [9.17, 15) is 9.59 Å². The van der Waals surface area contributed by atoms with E-state index in [1.165, 1.54) is 0 Å². The maximum absolute atomic E-state index is 11.9. The fraction of sp³-hybridized carbons (Fsp3) is 0.571. The summed E-state index contributed by atoms with van der Waals surface area (Å²) in [7, 11) is 3.48. The minimum absolute atomic E-state index is 0.173. The highest BCUT2D eigenvalue weighted by molar-refractivity contribution is 5.96. The molecule has 166 valence electrons. The van der Waals surface area contributed by atoms with Crippen molar-refractivity contribution in [2.75, 3.05) is 47.0 Å². The Labute approximate surface area is 178 Å². The van der Waals surface area contributed by atoms with Crippen molar-refractivity contribution in [2.45, 2.75) is 31.9 Å². The quantitative estimate of drug-likeness (QED) is 0.289. The fourth-order valence-corrected chi connectivity index (χ4v) is 3.24. The normalized spacial score (nSPS) is 15.1. The van der Waals surface area contributed by atoms with Crippen LogP contribution in [0.25, 0.3) is 0 Å². The molecular formula is C21H33N5O4. The molecule has 1 heterocycles. The summed E-state index contributed by atoms with van der Waals surface area (Å²) in [4.78, 5) is 29.3. The lowest BCUT2D eigenvalue weighted by Crippen LogP contribution is -2.46. The van der Waals surface area contributed by atoms with Gasteiger partial charge in [-0.3, -0.25) is 14.6 Å². The van der Waals surface area contributed by atoms with Gasteiger partial charge in [-0.05, 0) is 37.0 Å². The lowest BCUT2D eigenvalue weighted by molar-refractivity contribution is -0.117. The van der Waals surface area contributed by atoms with E-state index >= 15 is 0 Å². The summed E-state index contributed by atoms with van der Waals surface area (Å²) in [5, 5.41) is 5.85. The number of rotatable bonds is 10. The van der Waals surface area contributed by atoms with Gasteiger partial charge in [0, 0.05) is 52.6 Å². The van der Waals surface area contributed by atoms with Gasteiger partial charge in [-0.2, -0.15) is 0 Å². The molecule has 0 saturated carbocycles. The Morgan fingerprint density at radius 1 is 1.17 bits per heavy atom. The molecule has 1 aromatic rings. The second-order valence-corrected chi connectivity index (χ2v) is 7.15. The summed E-state index contributed by atoms with van der Waals surface area (Å²) in [5.74, 6) is -0.0372. The lowest BCUT2D eigenvalue weighted by atomic mass is 10.1. The summed E-state index contributed by atoms with van der Waals surface area (Å²) in [6.07, 6.45) is 3.17. The van der Waals surface area contributed by atoms with Gasteiger partial charge in [0.1, 0.15) is 0 Å². The molecule has 9 heteroatoms. The molecule has 0 radical (unpaired) electrons. The fourth-order valence-electron chi connectivity index (χ4n) is 3.24. The summed E-state index contributed by atoms with van der Waals surface area (Å²) in [6, 6.07) is 7.20. The van der Waals surface area contributed by atoms with Gasteiger partial charge in [-0.1, -0.05) is 12.1 Å². The highest BCUT2D eigenvalue weighted by Gasteiger charge is 2.21. The van der Waals surface area contributed by atoms with Crippen LogP contribution in [0.2, 0.25) is 0 Å². The molecule has 1 aliphatic heterocycles. The third-order valence-electron chi connectivity index (χ3n) is 4.89. The maximum Gasteiger partial charge on any atom is 0.251 e. The van der Waals surface area contributed by atoms with E-state index in [-0.39, 0.29) is 12.5 Å². The highest BCUT2D eigenvalue weighted by Crippen LogP contribution is 2.14.